The molecule has 1 aromatic heterocycles. The maximum atomic E-state index is 13.8. The zero-order chi connectivity index (χ0) is 33.1. The summed E-state index contributed by atoms with van der Waals surface area (Å²) in [6, 6.07) is 10.5. The van der Waals surface area contributed by atoms with Gasteiger partial charge in [-0.25, -0.2) is 4.68 Å². The van der Waals surface area contributed by atoms with Crippen molar-refractivity contribution in [1.82, 2.24) is 15.0 Å². The average Bonchev–Trinajstić information content (AvgIpc) is 3.68. The monoisotopic (exact) mass is 657 g/mol. The molecule has 2 aliphatic rings. The maximum Gasteiger partial charge on any atom is 0.416 e. The second kappa shape index (κ2) is 14.1. The van der Waals surface area contributed by atoms with Gasteiger partial charge in [0, 0.05) is 19.6 Å². The second-order valence-corrected chi connectivity index (χ2v) is 19.6. The zero-order valence-corrected chi connectivity index (χ0v) is 27.6. The Kier molecular flexibility index (Phi) is 10.3. The first kappa shape index (κ1) is 33.8. The Hall–Kier alpha value is -3.54. The highest BCUT2D eigenvalue weighted by Gasteiger charge is 2.46. The molecule has 8 nitrogen and oxygen atoms in total. The number of halogens is 3. The highest BCUT2D eigenvalue weighted by atomic mass is 28.3. The molecule has 2 fully saturated rings. The Morgan fingerprint density at radius 2 is 1.70 bits per heavy atom. The fraction of sp³-hybridized carbons (Fsp3) is 0.559. The molecule has 0 radical (unpaired) electrons. The van der Waals surface area contributed by atoms with Crippen molar-refractivity contribution in [2.45, 2.75) is 83.4 Å². The van der Waals surface area contributed by atoms with Gasteiger partial charge in [-0.15, -0.1) is 5.10 Å². The first-order valence-corrected chi connectivity index (χ1v) is 19.9. The Balaban J connectivity index is 1.34. The van der Waals surface area contributed by atoms with E-state index < -0.39 is 49.1 Å². The smallest absolute Gasteiger partial charge is 0.416 e. The minimum Gasteiger partial charge on any atom is -0.494 e. The number of aromatic nitrogens is 3. The molecular weight excluding hydrogens is 615 g/mol. The molecule has 0 bridgehead atoms. The number of hydrogen-bond acceptors (Lipinski definition) is 7. The number of Topliss-reactive ketones (excluding diaryl/α,β-unsaturated/α-hetero) is 1. The molecular formula is C34H42F3N3O5Si. The van der Waals surface area contributed by atoms with E-state index in [1.165, 1.54) is 25.7 Å². The molecule has 0 saturated heterocycles. The fourth-order valence-corrected chi connectivity index (χ4v) is 7.37. The van der Waals surface area contributed by atoms with Crippen LogP contribution in [0.5, 0.6) is 5.75 Å². The third-order valence-corrected chi connectivity index (χ3v) is 11.1. The molecule has 248 valence electrons. The van der Waals surface area contributed by atoms with Crippen LogP contribution in [0.25, 0.3) is 10.9 Å². The number of nitrogens with zero attached hydrogens (tertiary/aromatic N) is 3. The van der Waals surface area contributed by atoms with E-state index >= 15 is 0 Å². The van der Waals surface area contributed by atoms with Crippen molar-refractivity contribution < 1.29 is 32.2 Å². The molecule has 12 heteroatoms. The number of benzene rings is 2. The number of rotatable bonds is 12. The lowest BCUT2D eigenvalue weighted by Gasteiger charge is -2.24. The summed E-state index contributed by atoms with van der Waals surface area (Å²) >= 11 is 0. The number of hydrogen-bond donors (Lipinski definition) is 0. The number of ketones is 1. The van der Waals surface area contributed by atoms with Crippen LogP contribution in [0, 0.1) is 23.7 Å². The number of fused-ring (bicyclic) bond motifs is 1. The minimum atomic E-state index is -4.63. The van der Waals surface area contributed by atoms with Crippen LogP contribution >= 0.6 is 0 Å². The average molecular weight is 658 g/mol. The maximum absolute atomic E-state index is 13.8. The molecule has 2 saturated carbocycles. The van der Waals surface area contributed by atoms with E-state index in [2.05, 4.69) is 30.0 Å². The summed E-state index contributed by atoms with van der Waals surface area (Å²) < 4.78 is 52.7. The lowest BCUT2D eigenvalue weighted by atomic mass is 9.84. The summed E-state index contributed by atoms with van der Waals surface area (Å²) in [6.07, 6.45) is 2.28. The van der Waals surface area contributed by atoms with E-state index in [0.29, 0.717) is 36.7 Å². The molecule has 0 aliphatic heterocycles. The largest absolute Gasteiger partial charge is 0.494 e. The van der Waals surface area contributed by atoms with E-state index in [1.54, 1.807) is 24.3 Å². The van der Waals surface area contributed by atoms with Crippen LogP contribution < -0.4 is 10.3 Å². The van der Waals surface area contributed by atoms with E-state index in [1.807, 2.05) is 0 Å². The van der Waals surface area contributed by atoms with Crippen LogP contribution in [-0.2, 0) is 22.3 Å². The lowest BCUT2D eigenvalue weighted by molar-refractivity contribution is -0.150. The third kappa shape index (κ3) is 8.23. The molecule has 3 atom stereocenters. The quantitative estimate of drug-likeness (QED) is 0.116. The Labute approximate surface area is 267 Å². The SMILES string of the molecule is C[Si](C)(C)CCOC(=O)C1C(Cn2nnc3ccc(C(F)(F)F)cc3c2=O)CCC1C(=O)c1ccc(OCCC2CCCC2)cc1. The molecule has 0 amide bonds. The number of carbonyl (C=O) groups excluding carboxylic acids is 2. The highest BCUT2D eigenvalue weighted by Crippen LogP contribution is 2.41. The van der Waals surface area contributed by atoms with Gasteiger partial charge in [-0.3, -0.25) is 14.4 Å². The van der Waals surface area contributed by atoms with Crippen molar-refractivity contribution in [2.75, 3.05) is 13.2 Å². The second-order valence-electron chi connectivity index (χ2n) is 13.9. The van der Waals surface area contributed by atoms with Crippen molar-refractivity contribution in [2.24, 2.45) is 23.7 Å². The summed E-state index contributed by atoms with van der Waals surface area (Å²) in [6.45, 7) is 7.29. The first-order chi connectivity index (χ1) is 21.8. The van der Waals surface area contributed by atoms with Gasteiger partial charge in [0.25, 0.3) is 5.56 Å². The van der Waals surface area contributed by atoms with Gasteiger partial charge in [-0.1, -0.05) is 50.5 Å². The molecule has 1 heterocycles. The fourth-order valence-electron chi connectivity index (χ4n) is 6.66. The van der Waals surface area contributed by atoms with Crippen LogP contribution in [-0.4, -0.2) is 48.0 Å². The van der Waals surface area contributed by atoms with Crippen molar-refractivity contribution in [3.05, 3.63) is 63.9 Å². The Morgan fingerprint density at radius 3 is 2.37 bits per heavy atom. The number of esters is 1. The van der Waals surface area contributed by atoms with Crippen molar-refractivity contribution in [1.29, 1.82) is 0 Å². The summed E-state index contributed by atoms with van der Waals surface area (Å²) in [7, 11) is -1.51. The van der Waals surface area contributed by atoms with Gasteiger partial charge in [0.05, 0.1) is 36.6 Å². The topological polar surface area (TPSA) is 100 Å². The zero-order valence-electron chi connectivity index (χ0n) is 26.6. The normalized spacial score (nSPS) is 20.7. The van der Waals surface area contributed by atoms with E-state index in [0.717, 1.165) is 35.3 Å². The number of alkyl halides is 3. The van der Waals surface area contributed by atoms with Crippen molar-refractivity contribution >= 4 is 30.7 Å². The summed E-state index contributed by atoms with van der Waals surface area (Å²) in [4.78, 5) is 40.7. The predicted molar refractivity (Wildman–Crippen MR) is 170 cm³/mol. The highest BCUT2D eigenvalue weighted by molar-refractivity contribution is 6.76. The summed E-state index contributed by atoms with van der Waals surface area (Å²) in [5.74, 6) is -1.33. The van der Waals surface area contributed by atoms with Crippen molar-refractivity contribution in [3.63, 3.8) is 0 Å². The Morgan fingerprint density at radius 1 is 0.978 bits per heavy atom. The molecule has 3 unspecified atom stereocenters. The van der Waals surface area contributed by atoms with Crippen molar-refractivity contribution in [3.8, 4) is 5.75 Å². The molecule has 46 heavy (non-hydrogen) atoms. The summed E-state index contributed by atoms with van der Waals surface area (Å²) in [5, 5.41) is 7.71. The predicted octanol–water partition coefficient (Wildman–Crippen LogP) is 7.18. The first-order valence-electron chi connectivity index (χ1n) is 16.2. The standard InChI is InChI=1S/C34H42F3N3O5Si/c1-46(2,3)19-18-45-33(43)30-24(21-40-32(42)28-20-25(34(35,36)37)11-15-29(28)38-39-40)10-14-27(30)31(41)23-8-12-26(13-9-23)44-17-16-22-6-4-5-7-22/h8-9,11-13,15,20,22,24,27,30H,4-7,10,14,16-19,21H2,1-3H3. The van der Waals surface area contributed by atoms with Gasteiger partial charge in [-0.2, -0.15) is 13.2 Å². The van der Waals surface area contributed by atoms with Crippen LogP contribution in [0.1, 0.15) is 60.9 Å². The van der Waals surface area contributed by atoms with Crippen LogP contribution in [0.3, 0.4) is 0 Å². The molecule has 5 rings (SSSR count). The molecule has 2 aliphatic carbocycles. The molecule has 3 aromatic rings. The minimum absolute atomic E-state index is 0.0435. The van der Waals surface area contributed by atoms with Crippen LogP contribution in [0.2, 0.25) is 25.7 Å². The number of carbonyl (C=O) groups is 2. The van der Waals surface area contributed by atoms with E-state index in [-0.39, 0.29) is 29.8 Å². The third-order valence-electron chi connectivity index (χ3n) is 9.36. The molecule has 0 N–H and O–H groups in total. The van der Waals surface area contributed by atoms with Crippen LogP contribution in [0.4, 0.5) is 13.2 Å². The van der Waals surface area contributed by atoms with E-state index in [9.17, 15) is 27.6 Å². The van der Waals surface area contributed by atoms with Gasteiger partial charge < -0.3 is 9.47 Å². The van der Waals surface area contributed by atoms with E-state index in [4.69, 9.17) is 9.47 Å². The van der Waals surface area contributed by atoms with Gasteiger partial charge in [0.1, 0.15) is 11.3 Å². The Bertz CT molecular complexity index is 1600. The number of ether oxygens (including phenoxy) is 2. The van der Waals surface area contributed by atoms with Gasteiger partial charge in [-0.05, 0) is 79.6 Å². The molecule has 0 spiro atoms. The summed E-state index contributed by atoms with van der Waals surface area (Å²) in [5.41, 5.74) is -1.20. The van der Waals surface area contributed by atoms with Crippen LogP contribution in [0.15, 0.2) is 47.3 Å². The van der Waals surface area contributed by atoms with Gasteiger partial charge in [0.2, 0.25) is 0 Å². The molecule has 2 aromatic carbocycles. The lowest BCUT2D eigenvalue weighted by Crippen LogP contribution is -2.36. The van der Waals surface area contributed by atoms with Gasteiger partial charge in [0.15, 0.2) is 5.78 Å². The van der Waals surface area contributed by atoms with Gasteiger partial charge >= 0.3 is 12.1 Å².